The fourth-order valence-electron chi connectivity index (χ4n) is 8.51. The Balaban J connectivity index is 1.47. The number of allylic oxidation sites excluding steroid dienone is 4. The van der Waals surface area contributed by atoms with Gasteiger partial charge in [-0.3, -0.25) is 4.79 Å². The molecule has 0 aromatic heterocycles. The Bertz CT molecular complexity index is 975. The maximum absolute atomic E-state index is 17.3. The molecule has 0 spiro atoms. The molecule has 6 nitrogen and oxygen atoms in total. The molecule has 2 aliphatic heterocycles. The summed E-state index contributed by atoms with van der Waals surface area (Å²) in [6.07, 6.45) is 5.96. The molecule has 2 heterocycles. The van der Waals surface area contributed by atoms with Gasteiger partial charge in [0.2, 0.25) is 5.60 Å². The number of carbonyl (C=O) groups is 2. The summed E-state index contributed by atoms with van der Waals surface area (Å²) in [5.74, 6) is -1.27. The predicted molar refractivity (Wildman–Crippen MR) is 111 cm³/mol. The summed E-state index contributed by atoms with van der Waals surface area (Å²) in [6, 6.07) is 0. The van der Waals surface area contributed by atoms with Crippen LogP contribution in [0.1, 0.15) is 59.3 Å². The molecular weight excluding hydrogens is 415 g/mol. The van der Waals surface area contributed by atoms with Gasteiger partial charge in [-0.05, 0) is 57.1 Å². The van der Waals surface area contributed by atoms with Gasteiger partial charge >= 0.3 is 5.97 Å². The topological polar surface area (TPSA) is 82.1 Å². The largest absolute Gasteiger partial charge is 0.460 e. The van der Waals surface area contributed by atoms with E-state index in [-0.39, 0.29) is 24.7 Å². The van der Waals surface area contributed by atoms with Crippen molar-refractivity contribution in [2.45, 2.75) is 88.6 Å². The van der Waals surface area contributed by atoms with Crippen molar-refractivity contribution in [1.29, 1.82) is 0 Å². The van der Waals surface area contributed by atoms with E-state index in [0.29, 0.717) is 25.7 Å². The minimum Gasteiger partial charge on any atom is -0.460 e. The van der Waals surface area contributed by atoms with Gasteiger partial charge in [-0.15, -0.1) is 0 Å². The van der Waals surface area contributed by atoms with Crippen LogP contribution in [0.5, 0.6) is 0 Å². The minimum absolute atomic E-state index is 0.0778. The van der Waals surface area contributed by atoms with E-state index in [1.807, 2.05) is 13.8 Å². The molecule has 3 saturated carbocycles. The Kier molecular flexibility index (Phi) is 4.00. The maximum Gasteiger partial charge on any atom is 0.342 e. The lowest BCUT2D eigenvalue weighted by Gasteiger charge is -2.62. The first kappa shape index (κ1) is 21.0. The zero-order chi connectivity index (χ0) is 22.7. The van der Waals surface area contributed by atoms with Crippen LogP contribution in [0.4, 0.5) is 4.39 Å². The van der Waals surface area contributed by atoms with E-state index >= 15 is 4.39 Å². The van der Waals surface area contributed by atoms with Crippen LogP contribution in [-0.4, -0.2) is 52.7 Å². The van der Waals surface area contributed by atoms with Crippen molar-refractivity contribution in [3.05, 3.63) is 23.8 Å². The van der Waals surface area contributed by atoms with E-state index in [1.165, 1.54) is 12.2 Å². The second-order valence-corrected chi connectivity index (χ2v) is 11.2. The third-order valence-corrected chi connectivity index (χ3v) is 9.94. The number of ether oxygens (including phenoxy) is 3. The Morgan fingerprint density at radius 2 is 1.97 bits per heavy atom. The number of aliphatic hydroxyl groups excluding tert-OH is 1. The molecule has 0 bridgehead atoms. The fourth-order valence-corrected chi connectivity index (χ4v) is 8.51. The zero-order valence-electron chi connectivity index (χ0n) is 18.9. The third kappa shape index (κ3) is 2.00. The average molecular weight is 447 g/mol. The monoisotopic (exact) mass is 446 g/mol. The highest BCUT2D eigenvalue weighted by Gasteiger charge is 2.87. The summed E-state index contributed by atoms with van der Waals surface area (Å²) < 4.78 is 35.6. The molecule has 174 valence electrons. The lowest BCUT2D eigenvalue weighted by molar-refractivity contribution is -0.237. The summed E-state index contributed by atoms with van der Waals surface area (Å²) in [5, 5.41) is 11.5. The first-order chi connectivity index (χ1) is 15.1. The molecule has 5 fully saturated rings. The van der Waals surface area contributed by atoms with Crippen molar-refractivity contribution in [3.8, 4) is 0 Å². The van der Waals surface area contributed by atoms with Crippen molar-refractivity contribution in [2.75, 3.05) is 6.61 Å². The number of aliphatic hydroxyl groups is 1. The van der Waals surface area contributed by atoms with Gasteiger partial charge in [-0.1, -0.05) is 31.9 Å². The molecule has 4 aliphatic carbocycles. The highest BCUT2D eigenvalue weighted by molar-refractivity contribution is 6.01. The standard InChI is InChI=1S/C25H31FO6/c1-4-5-19-31-23-11-17-16-7-6-14-10-15(27)8-9-21(14,2)24(16,26)18(28)12-22(17,3)25(23,32-19)20(29)30-13-23/h8-10,16-19,28H,4-7,11-13H2,1-3H3/t16-,17-,18-,19-,21-,22-,23-,24-,25-/m0/s1. The number of cyclic esters (lactones) is 1. The molecule has 9 atom stereocenters. The van der Waals surface area contributed by atoms with Crippen LogP contribution in [-0.2, 0) is 23.8 Å². The first-order valence-corrected chi connectivity index (χ1v) is 11.9. The molecular formula is C25H31FO6. The lowest BCUT2D eigenvalue weighted by atomic mass is 9.45. The third-order valence-electron chi connectivity index (χ3n) is 9.94. The number of fused-ring (bicyclic) bond motifs is 5. The molecule has 0 radical (unpaired) electrons. The SMILES string of the molecule is CCC[C@H]1O[C@@]23COC(=O)[C@]2(O1)[C@@]1(C)C[C@H](O)[C@@]2(F)[C@@H](CCC4=CC(=O)C=C[C@@]42C)[C@@H]1C3. The van der Waals surface area contributed by atoms with Crippen LogP contribution in [0.2, 0.25) is 0 Å². The van der Waals surface area contributed by atoms with E-state index in [2.05, 4.69) is 0 Å². The number of ketones is 1. The van der Waals surface area contributed by atoms with Gasteiger partial charge in [0, 0.05) is 16.7 Å². The molecule has 0 aromatic rings. The average Bonchev–Trinajstić information content (AvgIpc) is 3.27. The van der Waals surface area contributed by atoms with Crippen molar-refractivity contribution in [3.63, 3.8) is 0 Å². The lowest BCUT2D eigenvalue weighted by Crippen LogP contribution is -2.69. The van der Waals surface area contributed by atoms with Gasteiger partial charge in [-0.2, -0.15) is 0 Å². The molecule has 0 aromatic carbocycles. The predicted octanol–water partition coefficient (Wildman–Crippen LogP) is 3.17. The van der Waals surface area contributed by atoms with Gasteiger partial charge in [0.15, 0.2) is 17.7 Å². The van der Waals surface area contributed by atoms with E-state index < -0.39 is 52.0 Å². The molecule has 2 saturated heterocycles. The summed E-state index contributed by atoms with van der Waals surface area (Å²) in [5.41, 5.74) is -5.32. The Labute approximate surface area is 187 Å². The Morgan fingerprint density at radius 1 is 1.19 bits per heavy atom. The quantitative estimate of drug-likeness (QED) is 0.656. The maximum atomic E-state index is 17.3. The highest BCUT2D eigenvalue weighted by atomic mass is 19.1. The first-order valence-electron chi connectivity index (χ1n) is 11.9. The Morgan fingerprint density at radius 3 is 2.72 bits per heavy atom. The summed E-state index contributed by atoms with van der Waals surface area (Å²) in [6.45, 7) is 5.90. The smallest absolute Gasteiger partial charge is 0.342 e. The summed E-state index contributed by atoms with van der Waals surface area (Å²) in [7, 11) is 0. The second-order valence-electron chi connectivity index (χ2n) is 11.2. The molecule has 6 rings (SSSR count). The second kappa shape index (κ2) is 6.10. The van der Waals surface area contributed by atoms with Crippen LogP contribution in [0.3, 0.4) is 0 Å². The van der Waals surface area contributed by atoms with Crippen molar-refractivity contribution < 1.29 is 33.3 Å². The van der Waals surface area contributed by atoms with Gasteiger partial charge in [0.1, 0.15) is 12.2 Å². The van der Waals surface area contributed by atoms with Crippen molar-refractivity contribution in [1.82, 2.24) is 0 Å². The van der Waals surface area contributed by atoms with Gasteiger partial charge in [-0.25, -0.2) is 9.18 Å². The van der Waals surface area contributed by atoms with E-state index in [4.69, 9.17) is 14.2 Å². The van der Waals surface area contributed by atoms with Crippen LogP contribution >= 0.6 is 0 Å². The van der Waals surface area contributed by atoms with Gasteiger partial charge < -0.3 is 19.3 Å². The molecule has 32 heavy (non-hydrogen) atoms. The number of halogens is 1. The van der Waals surface area contributed by atoms with Crippen LogP contribution in [0.25, 0.3) is 0 Å². The highest BCUT2D eigenvalue weighted by Crippen LogP contribution is 2.75. The zero-order valence-corrected chi connectivity index (χ0v) is 18.9. The normalized spacial score (nSPS) is 55.5. The van der Waals surface area contributed by atoms with E-state index in [9.17, 15) is 14.7 Å². The van der Waals surface area contributed by atoms with Crippen LogP contribution in [0.15, 0.2) is 23.8 Å². The van der Waals surface area contributed by atoms with Crippen LogP contribution < -0.4 is 0 Å². The molecule has 0 unspecified atom stereocenters. The number of hydrogen-bond acceptors (Lipinski definition) is 6. The molecule has 1 N–H and O–H groups in total. The summed E-state index contributed by atoms with van der Waals surface area (Å²) >= 11 is 0. The number of hydrogen-bond donors (Lipinski definition) is 1. The Hall–Kier alpha value is -1.57. The van der Waals surface area contributed by atoms with E-state index in [1.54, 1.807) is 13.0 Å². The summed E-state index contributed by atoms with van der Waals surface area (Å²) in [4.78, 5) is 25.3. The molecule has 7 heteroatoms. The van der Waals surface area contributed by atoms with Gasteiger partial charge in [0.25, 0.3) is 0 Å². The molecule has 0 amide bonds. The fraction of sp³-hybridized carbons (Fsp3) is 0.760. The van der Waals surface area contributed by atoms with Crippen molar-refractivity contribution in [2.24, 2.45) is 22.7 Å². The molecule has 6 aliphatic rings. The number of alkyl halides is 1. The number of carbonyl (C=O) groups excluding carboxylic acids is 2. The number of rotatable bonds is 2. The minimum atomic E-state index is -1.94. The number of esters is 1. The van der Waals surface area contributed by atoms with E-state index in [0.717, 1.165) is 12.0 Å². The van der Waals surface area contributed by atoms with Gasteiger partial charge in [0.05, 0.1) is 6.10 Å². The van der Waals surface area contributed by atoms with Crippen molar-refractivity contribution >= 4 is 11.8 Å². The van der Waals surface area contributed by atoms with Crippen LogP contribution in [0, 0.1) is 22.7 Å².